The Hall–Kier alpha value is -2.60. The first-order valence-electron chi connectivity index (χ1n) is 9.77. The molecule has 0 spiro atoms. The van der Waals surface area contributed by atoms with Crippen LogP contribution in [0, 0.1) is 6.92 Å². The quantitative estimate of drug-likeness (QED) is 0.400. The summed E-state index contributed by atoms with van der Waals surface area (Å²) >= 11 is 9.39. The number of carbonyl (C=O) groups is 1. The molecular formula is C22H21BrClN3O5S2. The summed E-state index contributed by atoms with van der Waals surface area (Å²) in [5.41, 5.74) is 1.74. The maximum Gasteiger partial charge on any atom is 0.261 e. The van der Waals surface area contributed by atoms with Crippen LogP contribution in [0.1, 0.15) is 5.56 Å². The van der Waals surface area contributed by atoms with E-state index in [1.165, 1.54) is 30.3 Å². The van der Waals surface area contributed by atoms with Crippen LogP contribution in [0.15, 0.2) is 76.1 Å². The molecule has 0 heterocycles. The van der Waals surface area contributed by atoms with Crippen LogP contribution in [0.4, 0.5) is 17.1 Å². The van der Waals surface area contributed by atoms with E-state index < -0.39 is 32.5 Å². The standard InChI is InChI=1S/C22H21BrClN3O5S2/c1-15-3-10-19(13-21(15)24)27(33(2,29)30)14-22(28)25-17-8-11-20(12-9-17)34(31,32)26-18-6-4-16(23)5-7-18/h3-13,26H,14H2,1-2H3,(H,25,28). The molecule has 0 saturated carbocycles. The fourth-order valence-electron chi connectivity index (χ4n) is 2.92. The Balaban J connectivity index is 1.71. The molecule has 0 aromatic heterocycles. The summed E-state index contributed by atoms with van der Waals surface area (Å²) in [6.07, 6.45) is 0.992. The van der Waals surface area contributed by atoms with Crippen molar-refractivity contribution in [2.45, 2.75) is 11.8 Å². The zero-order valence-corrected chi connectivity index (χ0v) is 22.1. The lowest BCUT2D eigenvalue weighted by molar-refractivity contribution is -0.114. The average Bonchev–Trinajstić information content (AvgIpc) is 2.75. The zero-order chi connectivity index (χ0) is 25.1. The second-order valence-electron chi connectivity index (χ2n) is 7.39. The Bertz CT molecular complexity index is 1410. The number of carbonyl (C=O) groups excluding carboxylic acids is 1. The topological polar surface area (TPSA) is 113 Å². The second-order valence-corrected chi connectivity index (χ2v) is 12.3. The van der Waals surface area contributed by atoms with Crippen molar-refractivity contribution >= 4 is 70.5 Å². The van der Waals surface area contributed by atoms with Gasteiger partial charge in [0.2, 0.25) is 15.9 Å². The van der Waals surface area contributed by atoms with E-state index in [1.807, 2.05) is 0 Å². The molecule has 34 heavy (non-hydrogen) atoms. The van der Waals surface area contributed by atoms with Crippen LogP contribution in [0.5, 0.6) is 0 Å². The third-order valence-corrected chi connectivity index (χ3v) is 8.15. The van der Waals surface area contributed by atoms with E-state index >= 15 is 0 Å². The minimum atomic E-state index is -3.83. The van der Waals surface area contributed by atoms with Crippen LogP contribution in [0.2, 0.25) is 5.02 Å². The Kier molecular flexibility index (Phi) is 7.91. The molecule has 0 aliphatic rings. The number of nitrogens with zero attached hydrogens (tertiary/aromatic N) is 1. The predicted molar refractivity (Wildman–Crippen MR) is 138 cm³/mol. The molecule has 0 aliphatic carbocycles. The van der Waals surface area contributed by atoms with Gasteiger partial charge in [0, 0.05) is 20.9 Å². The molecular weight excluding hydrogens is 566 g/mol. The molecule has 0 fully saturated rings. The van der Waals surface area contributed by atoms with Gasteiger partial charge in [-0.15, -0.1) is 0 Å². The largest absolute Gasteiger partial charge is 0.325 e. The number of hydrogen-bond acceptors (Lipinski definition) is 5. The van der Waals surface area contributed by atoms with E-state index in [-0.39, 0.29) is 10.6 Å². The molecule has 2 N–H and O–H groups in total. The van der Waals surface area contributed by atoms with E-state index in [0.29, 0.717) is 16.4 Å². The first-order chi connectivity index (χ1) is 15.8. The number of rotatable bonds is 8. The first kappa shape index (κ1) is 26.0. The van der Waals surface area contributed by atoms with Crippen molar-refractivity contribution in [3.63, 3.8) is 0 Å². The molecule has 0 unspecified atom stereocenters. The van der Waals surface area contributed by atoms with Crippen molar-refractivity contribution in [3.8, 4) is 0 Å². The fraction of sp³-hybridized carbons (Fsp3) is 0.136. The Morgan fingerprint density at radius 3 is 2.09 bits per heavy atom. The van der Waals surface area contributed by atoms with Gasteiger partial charge in [-0.3, -0.25) is 13.8 Å². The van der Waals surface area contributed by atoms with Crippen LogP contribution in [-0.4, -0.2) is 35.5 Å². The fourth-order valence-corrected chi connectivity index (χ4v) is 5.26. The molecule has 0 bridgehead atoms. The van der Waals surface area contributed by atoms with Crippen molar-refractivity contribution in [2.75, 3.05) is 27.1 Å². The van der Waals surface area contributed by atoms with Gasteiger partial charge < -0.3 is 5.32 Å². The number of aryl methyl sites for hydroxylation is 1. The van der Waals surface area contributed by atoms with Crippen molar-refractivity contribution in [1.82, 2.24) is 0 Å². The van der Waals surface area contributed by atoms with Crippen LogP contribution in [0.25, 0.3) is 0 Å². The summed E-state index contributed by atoms with van der Waals surface area (Å²) in [4.78, 5) is 12.6. The highest BCUT2D eigenvalue weighted by atomic mass is 79.9. The van der Waals surface area contributed by atoms with Gasteiger partial charge >= 0.3 is 0 Å². The molecule has 3 aromatic rings. The van der Waals surface area contributed by atoms with Crippen LogP contribution in [0.3, 0.4) is 0 Å². The summed E-state index contributed by atoms with van der Waals surface area (Å²) in [7, 11) is -7.60. The van der Waals surface area contributed by atoms with Crippen molar-refractivity contribution < 1.29 is 21.6 Å². The number of hydrogen-bond donors (Lipinski definition) is 2. The summed E-state index contributed by atoms with van der Waals surface area (Å²) in [5, 5.41) is 2.95. The predicted octanol–water partition coefficient (Wildman–Crippen LogP) is 4.62. The van der Waals surface area contributed by atoms with Crippen molar-refractivity contribution in [1.29, 1.82) is 0 Å². The minimum absolute atomic E-state index is 0.000442. The van der Waals surface area contributed by atoms with E-state index in [0.717, 1.165) is 20.6 Å². The highest BCUT2D eigenvalue weighted by molar-refractivity contribution is 9.10. The highest BCUT2D eigenvalue weighted by Gasteiger charge is 2.22. The third kappa shape index (κ3) is 6.72. The van der Waals surface area contributed by atoms with E-state index in [9.17, 15) is 21.6 Å². The normalized spacial score (nSPS) is 11.6. The van der Waals surface area contributed by atoms with E-state index in [4.69, 9.17) is 11.6 Å². The lowest BCUT2D eigenvalue weighted by atomic mass is 10.2. The Morgan fingerprint density at radius 2 is 1.53 bits per heavy atom. The zero-order valence-electron chi connectivity index (χ0n) is 18.1. The molecule has 0 saturated heterocycles. The maximum absolute atomic E-state index is 12.6. The van der Waals surface area contributed by atoms with Crippen LogP contribution >= 0.6 is 27.5 Å². The molecule has 8 nitrogen and oxygen atoms in total. The monoisotopic (exact) mass is 585 g/mol. The van der Waals surface area contributed by atoms with Crippen molar-refractivity contribution in [3.05, 3.63) is 81.8 Å². The lowest BCUT2D eigenvalue weighted by Crippen LogP contribution is -2.37. The van der Waals surface area contributed by atoms with Gasteiger partial charge in [0.25, 0.3) is 10.0 Å². The van der Waals surface area contributed by atoms with Gasteiger partial charge in [0.15, 0.2) is 0 Å². The van der Waals surface area contributed by atoms with Gasteiger partial charge in [0.1, 0.15) is 6.54 Å². The third-order valence-electron chi connectivity index (χ3n) is 4.68. The average molecular weight is 587 g/mol. The summed E-state index contributed by atoms with van der Waals surface area (Å²) in [6, 6.07) is 16.9. The maximum atomic E-state index is 12.6. The Morgan fingerprint density at radius 1 is 0.941 bits per heavy atom. The molecule has 12 heteroatoms. The molecule has 1 amide bonds. The number of sulfonamides is 2. The van der Waals surface area contributed by atoms with Crippen molar-refractivity contribution in [2.24, 2.45) is 0 Å². The minimum Gasteiger partial charge on any atom is -0.325 e. The summed E-state index contributed by atoms with van der Waals surface area (Å²) < 4.78 is 53.9. The highest BCUT2D eigenvalue weighted by Crippen LogP contribution is 2.25. The van der Waals surface area contributed by atoms with Gasteiger partial charge in [-0.1, -0.05) is 33.6 Å². The van der Waals surface area contributed by atoms with Gasteiger partial charge in [-0.05, 0) is 73.2 Å². The molecule has 180 valence electrons. The van der Waals surface area contributed by atoms with Gasteiger partial charge in [-0.25, -0.2) is 16.8 Å². The molecule has 3 rings (SSSR count). The molecule has 0 atom stereocenters. The lowest BCUT2D eigenvalue weighted by Gasteiger charge is -2.22. The number of halogens is 2. The summed E-state index contributed by atoms with van der Waals surface area (Å²) in [5.74, 6) is -0.606. The van der Waals surface area contributed by atoms with Crippen LogP contribution in [-0.2, 0) is 24.8 Å². The second kappa shape index (κ2) is 10.3. The van der Waals surface area contributed by atoms with Crippen LogP contribution < -0.4 is 14.3 Å². The Labute approximate surface area is 212 Å². The molecule has 0 aliphatic heterocycles. The summed E-state index contributed by atoms with van der Waals surface area (Å²) in [6.45, 7) is 1.30. The SMILES string of the molecule is Cc1ccc(N(CC(=O)Nc2ccc(S(=O)(=O)Nc3ccc(Br)cc3)cc2)S(C)(=O)=O)cc1Cl. The molecule has 0 radical (unpaired) electrons. The smallest absolute Gasteiger partial charge is 0.261 e. The van der Waals surface area contributed by atoms with Gasteiger partial charge in [0.05, 0.1) is 16.8 Å². The number of benzene rings is 3. The molecule has 3 aromatic carbocycles. The van der Waals surface area contributed by atoms with Gasteiger partial charge in [-0.2, -0.15) is 0 Å². The first-order valence-corrected chi connectivity index (χ1v) is 14.3. The number of anilines is 3. The van der Waals surface area contributed by atoms with E-state index in [1.54, 1.807) is 43.3 Å². The number of amides is 1. The van der Waals surface area contributed by atoms with E-state index in [2.05, 4.69) is 26.0 Å². The number of nitrogens with one attached hydrogen (secondary N) is 2.